The normalized spacial score (nSPS) is 12.6. The molecule has 70 heavy (non-hydrogen) atoms. The molecule has 5 aromatic rings. The van der Waals surface area contributed by atoms with E-state index in [1.54, 1.807) is 52.2 Å². The number of ether oxygens (including phenoxy) is 3. The highest BCUT2D eigenvalue weighted by Crippen LogP contribution is 2.44. The van der Waals surface area contributed by atoms with Gasteiger partial charge in [0.05, 0.1) is 0 Å². The Labute approximate surface area is 409 Å². The fraction of sp³-hybridized carbons (Fsp3) is 0.333. The van der Waals surface area contributed by atoms with Gasteiger partial charge in [0.25, 0.3) is 0 Å². The van der Waals surface area contributed by atoms with Gasteiger partial charge in [-0.25, -0.2) is 19.2 Å². The summed E-state index contributed by atoms with van der Waals surface area (Å²) in [5.74, 6) is -1.94. The lowest BCUT2D eigenvalue weighted by Gasteiger charge is -2.29. The zero-order valence-corrected chi connectivity index (χ0v) is 40.5. The third kappa shape index (κ3) is 13.9. The Morgan fingerprint density at radius 3 is 1.86 bits per heavy atom. The molecule has 0 radical (unpaired) electrons. The maximum Gasteiger partial charge on any atom is 0.410 e. The van der Waals surface area contributed by atoms with Crippen molar-refractivity contribution in [3.8, 4) is 22.3 Å². The van der Waals surface area contributed by atoms with Crippen molar-refractivity contribution in [2.24, 2.45) is 11.7 Å². The fourth-order valence-corrected chi connectivity index (χ4v) is 8.06. The number of rotatable bonds is 20. The first-order chi connectivity index (χ1) is 33.5. The number of urea groups is 1. The van der Waals surface area contributed by atoms with E-state index < -0.39 is 59.7 Å². The van der Waals surface area contributed by atoms with Gasteiger partial charge < -0.3 is 45.7 Å². The zero-order chi connectivity index (χ0) is 50.4. The highest BCUT2D eigenvalue weighted by Gasteiger charge is 2.32. The van der Waals surface area contributed by atoms with Gasteiger partial charge in [0.1, 0.15) is 30.9 Å². The summed E-state index contributed by atoms with van der Waals surface area (Å²) in [7, 11) is 3.17. The number of likely N-dealkylation sites (N-methyl/N-ethyl adjacent to an activating group) is 2. The summed E-state index contributed by atoms with van der Waals surface area (Å²) in [6.45, 7) is 7.71. The van der Waals surface area contributed by atoms with Crippen molar-refractivity contribution in [3.05, 3.63) is 150 Å². The van der Waals surface area contributed by atoms with Crippen molar-refractivity contribution in [1.29, 1.82) is 0 Å². The van der Waals surface area contributed by atoms with E-state index in [9.17, 15) is 28.8 Å². The van der Waals surface area contributed by atoms with Crippen LogP contribution in [-0.2, 0) is 36.0 Å². The third-order valence-electron chi connectivity index (χ3n) is 12.2. The minimum Gasteiger partial charge on any atom is -0.449 e. The van der Waals surface area contributed by atoms with Crippen LogP contribution in [0.15, 0.2) is 127 Å². The van der Waals surface area contributed by atoms with Crippen LogP contribution in [-0.4, -0.2) is 98.3 Å². The lowest BCUT2D eigenvalue weighted by Crippen LogP contribution is -2.54. The Bertz CT molecular complexity index is 2560. The molecule has 7 amide bonds. The molecule has 16 nitrogen and oxygen atoms in total. The number of hydrogen-bond acceptors (Lipinski definition) is 10. The summed E-state index contributed by atoms with van der Waals surface area (Å²) >= 11 is 0. The summed E-state index contributed by atoms with van der Waals surface area (Å²) in [5, 5.41) is 10.7. The molecule has 0 unspecified atom stereocenters. The molecule has 0 saturated heterocycles. The van der Waals surface area contributed by atoms with E-state index in [1.165, 1.54) is 9.80 Å². The first-order valence-corrected chi connectivity index (χ1v) is 23.3. The second-order valence-electron chi connectivity index (χ2n) is 18.1. The number of carbonyl (C=O) groups is 6. The number of amides is 7. The van der Waals surface area contributed by atoms with Crippen LogP contribution in [0.2, 0.25) is 0 Å². The van der Waals surface area contributed by atoms with Crippen molar-refractivity contribution in [1.82, 2.24) is 25.8 Å². The van der Waals surface area contributed by atoms with Gasteiger partial charge in [-0.05, 0) is 89.2 Å². The number of benzene rings is 5. The number of fused-ring (bicyclic) bond motifs is 3. The van der Waals surface area contributed by atoms with Crippen molar-refractivity contribution in [3.63, 3.8) is 0 Å². The molecule has 6 N–H and O–H groups in total. The molecule has 0 aromatic heterocycles. The average molecular weight is 954 g/mol. The fourth-order valence-electron chi connectivity index (χ4n) is 8.06. The van der Waals surface area contributed by atoms with Crippen LogP contribution in [0, 0.1) is 5.92 Å². The quantitative estimate of drug-likeness (QED) is 0.0372. The molecular weight excluding hydrogens is 891 g/mol. The van der Waals surface area contributed by atoms with Crippen LogP contribution in [0.1, 0.15) is 68.7 Å². The van der Waals surface area contributed by atoms with Crippen LogP contribution < -0.4 is 27.0 Å². The Hall–Kier alpha value is -7.88. The summed E-state index contributed by atoms with van der Waals surface area (Å²) in [5.41, 5.74) is 12.8. The molecular formula is C54H63N7O9. The highest BCUT2D eigenvalue weighted by atomic mass is 16.6. The van der Waals surface area contributed by atoms with E-state index in [2.05, 4.69) is 21.3 Å². The molecule has 6 rings (SSSR count). The number of alkyl carbamates (subject to hydrolysis) is 1. The molecule has 0 saturated carbocycles. The number of carbonyl (C=O) groups excluding carboxylic acids is 6. The van der Waals surface area contributed by atoms with Crippen LogP contribution in [0.25, 0.3) is 22.3 Å². The van der Waals surface area contributed by atoms with E-state index >= 15 is 0 Å². The van der Waals surface area contributed by atoms with Crippen molar-refractivity contribution in [2.75, 3.05) is 45.7 Å². The van der Waals surface area contributed by atoms with Crippen LogP contribution in [0.4, 0.5) is 24.9 Å². The van der Waals surface area contributed by atoms with E-state index in [4.69, 9.17) is 19.9 Å². The van der Waals surface area contributed by atoms with Gasteiger partial charge in [-0.2, -0.15) is 0 Å². The molecule has 0 fully saturated rings. The predicted molar refractivity (Wildman–Crippen MR) is 267 cm³/mol. The van der Waals surface area contributed by atoms with Gasteiger partial charge >= 0.3 is 24.3 Å². The van der Waals surface area contributed by atoms with Crippen molar-refractivity contribution in [2.45, 2.75) is 70.7 Å². The van der Waals surface area contributed by atoms with Gasteiger partial charge in [0, 0.05) is 45.3 Å². The lowest BCUT2D eigenvalue weighted by molar-refractivity contribution is -0.132. The van der Waals surface area contributed by atoms with Gasteiger partial charge in [-0.3, -0.25) is 14.9 Å². The smallest absolute Gasteiger partial charge is 0.410 e. The number of nitrogens with zero attached hydrogens (tertiary/aromatic N) is 2. The van der Waals surface area contributed by atoms with Gasteiger partial charge in [0.15, 0.2) is 0 Å². The Balaban J connectivity index is 0.966. The Morgan fingerprint density at radius 2 is 1.26 bits per heavy atom. The molecule has 0 aliphatic heterocycles. The molecule has 0 spiro atoms. The van der Waals surface area contributed by atoms with E-state index in [0.717, 1.165) is 38.9 Å². The number of nitrogens with one attached hydrogen (secondary N) is 4. The number of imide groups is 1. The predicted octanol–water partition coefficient (Wildman–Crippen LogP) is 8.36. The van der Waals surface area contributed by atoms with Gasteiger partial charge in [0.2, 0.25) is 11.8 Å². The number of primary amides is 1. The van der Waals surface area contributed by atoms with E-state index in [0.29, 0.717) is 17.7 Å². The monoisotopic (exact) mass is 953 g/mol. The second kappa shape index (κ2) is 23.9. The van der Waals surface area contributed by atoms with E-state index in [1.807, 2.05) is 117 Å². The van der Waals surface area contributed by atoms with Crippen LogP contribution in [0.5, 0.6) is 0 Å². The molecule has 5 aromatic carbocycles. The standard InChI is InChI=1S/C54H63N7O9/c1-35(2)47(58-51(65)68-34-45-43-19-12-10-17-41(43)42-18-11-13-20-44(42)45)49(63)59-48(62)46(21-14-30-56-50(55)64)57-40-28-22-36(23-29-40)33-69-52(66)60(5)31-32-61(6)53(67)70-54(3,4)39-26-24-38(25-27-39)37-15-8-7-9-16-37/h7-13,15-20,22-29,35,45-47,57H,14,21,30-34H2,1-6H3,(H,58,65)(H3,55,56,64)(H,59,62,63)/t46-,47-/m0/s1. The van der Waals surface area contributed by atoms with Crippen molar-refractivity contribution < 1.29 is 43.0 Å². The lowest BCUT2D eigenvalue weighted by atomic mass is 9.95. The molecule has 0 bridgehead atoms. The third-order valence-corrected chi connectivity index (χ3v) is 12.2. The topological polar surface area (TPSA) is 211 Å². The maximum atomic E-state index is 13.7. The summed E-state index contributed by atoms with van der Waals surface area (Å²) in [6, 6.07) is 37.9. The summed E-state index contributed by atoms with van der Waals surface area (Å²) in [4.78, 5) is 80.5. The SMILES string of the molecule is CC(C)[C@H](NC(=O)OCC1c2ccccc2-c2ccccc21)C(=O)NC(=O)[C@H](CCCNC(N)=O)Nc1ccc(COC(=O)N(C)CCN(C)C(=O)OC(C)(C)c2ccc(-c3ccccc3)cc2)cc1. The molecule has 0 heterocycles. The summed E-state index contributed by atoms with van der Waals surface area (Å²) < 4.78 is 17.1. The first kappa shape index (κ1) is 51.5. The Morgan fingerprint density at radius 1 is 0.686 bits per heavy atom. The first-order valence-electron chi connectivity index (χ1n) is 23.3. The van der Waals surface area contributed by atoms with Gasteiger partial charge in [-0.15, -0.1) is 0 Å². The van der Waals surface area contributed by atoms with Crippen molar-refractivity contribution >= 4 is 41.8 Å². The van der Waals surface area contributed by atoms with Gasteiger partial charge in [-0.1, -0.05) is 129 Å². The molecule has 1 aliphatic rings. The molecule has 1 aliphatic carbocycles. The number of nitrogens with two attached hydrogens (primary N) is 1. The zero-order valence-electron chi connectivity index (χ0n) is 40.5. The second-order valence-corrected chi connectivity index (χ2v) is 18.1. The number of anilines is 1. The summed E-state index contributed by atoms with van der Waals surface area (Å²) in [6.07, 6.45) is -1.38. The average Bonchev–Trinajstić information content (AvgIpc) is 3.67. The highest BCUT2D eigenvalue weighted by molar-refractivity contribution is 6.02. The van der Waals surface area contributed by atoms with E-state index in [-0.39, 0.29) is 45.2 Å². The van der Waals surface area contributed by atoms with Crippen LogP contribution >= 0.6 is 0 Å². The minimum absolute atomic E-state index is 0.0525. The molecule has 368 valence electrons. The Kier molecular flexibility index (Phi) is 17.6. The largest absolute Gasteiger partial charge is 0.449 e. The minimum atomic E-state index is -1.09. The molecule has 16 heteroatoms. The maximum absolute atomic E-state index is 13.7. The molecule has 2 atom stereocenters. The van der Waals surface area contributed by atoms with Crippen LogP contribution in [0.3, 0.4) is 0 Å². The number of hydrogen-bond donors (Lipinski definition) is 5.